The molecule has 0 aliphatic carbocycles. The van der Waals surface area contributed by atoms with Crippen LogP contribution in [0.3, 0.4) is 0 Å². The number of benzene rings is 3. The van der Waals surface area contributed by atoms with Crippen LogP contribution in [0.15, 0.2) is 91.0 Å². The van der Waals surface area contributed by atoms with Crippen molar-refractivity contribution in [2.24, 2.45) is 0 Å². The third-order valence-electron chi connectivity index (χ3n) is 6.75. The first-order valence-corrected chi connectivity index (χ1v) is 13.6. The topological polar surface area (TPSA) is 64.6 Å². The standard InChI is InChI=1S/C32H38O7/c1-32(2)37-22-27(39-32)21-36-31-30(35-20-26-16-10-5-11-17-26)29(34-19-25-14-8-4-9-15-25)28(38-31)23-33-18-24-12-6-3-7-13-24/h3-17,27-31H,18-23H2,1-2H3/t27-,28+,29+,30+,31-/m0/s1. The van der Waals surface area contributed by atoms with E-state index in [1.807, 2.05) is 105 Å². The van der Waals surface area contributed by atoms with E-state index in [-0.39, 0.29) is 12.2 Å². The van der Waals surface area contributed by atoms with E-state index in [4.69, 9.17) is 33.2 Å². The molecule has 2 aliphatic heterocycles. The van der Waals surface area contributed by atoms with Crippen molar-refractivity contribution in [1.29, 1.82) is 0 Å². The fourth-order valence-corrected chi connectivity index (χ4v) is 4.79. The molecule has 7 heteroatoms. The lowest BCUT2D eigenvalue weighted by molar-refractivity contribution is -0.203. The Bertz CT molecular complexity index is 1110. The highest BCUT2D eigenvalue weighted by atomic mass is 16.8. The van der Waals surface area contributed by atoms with E-state index in [9.17, 15) is 0 Å². The van der Waals surface area contributed by atoms with Gasteiger partial charge >= 0.3 is 0 Å². The summed E-state index contributed by atoms with van der Waals surface area (Å²) in [5.74, 6) is -0.622. The van der Waals surface area contributed by atoms with Crippen molar-refractivity contribution in [3.05, 3.63) is 108 Å². The molecule has 208 valence electrons. The van der Waals surface area contributed by atoms with Gasteiger partial charge in [0.25, 0.3) is 0 Å². The minimum absolute atomic E-state index is 0.185. The zero-order valence-electron chi connectivity index (χ0n) is 22.6. The minimum atomic E-state index is -0.646. The highest BCUT2D eigenvalue weighted by Gasteiger charge is 2.48. The zero-order valence-corrected chi connectivity index (χ0v) is 22.6. The summed E-state index contributed by atoms with van der Waals surface area (Å²) < 4.78 is 43.4. The largest absolute Gasteiger partial charge is 0.374 e. The number of hydrogen-bond acceptors (Lipinski definition) is 7. The lowest BCUT2D eigenvalue weighted by atomic mass is 10.1. The Morgan fingerprint density at radius 1 is 0.667 bits per heavy atom. The van der Waals surface area contributed by atoms with Gasteiger partial charge in [-0.1, -0.05) is 91.0 Å². The summed E-state index contributed by atoms with van der Waals surface area (Å²) in [6.45, 7) is 6.25. The van der Waals surface area contributed by atoms with Gasteiger partial charge in [0.1, 0.15) is 24.4 Å². The molecule has 5 atom stereocenters. The van der Waals surface area contributed by atoms with Gasteiger partial charge in [0.15, 0.2) is 12.1 Å². The highest BCUT2D eigenvalue weighted by molar-refractivity contribution is 5.15. The van der Waals surface area contributed by atoms with Crippen molar-refractivity contribution in [2.75, 3.05) is 19.8 Å². The minimum Gasteiger partial charge on any atom is -0.374 e. The molecule has 0 unspecified atom stereocenters. The molecule has 5 rings (SSSR count). The molecule has 3 aromatic carbocycles. The predicted octanol–water partition coefficient (Wildman–Crippen LogP) is 5.27. The van der Waals surface area contributed by atoms with Crippen LogP contribution in [-0.2, 0) is 53.0 Å². The van der Waals surface area contributed by atoms with Crippen LogP contribution in [0.2, 0.25) is 0 Å². The third-order valence-corrected chi connectivity index (χ3v) is 6.75. The second-order valence-electron chi connectivity index (χ2n) is 10.4. The van der Waals surface area contributed by atoms with Crippen LogP contribution in [0.25, 0.3) is 0 Å². The van der Waals surface area contributed by atoms with Crippen molar-refractivity contribution in [2.45, 2.75) is 70.2 Å². The molecule has 0 aromatic heterocycles. The van der Waals surface area contributed by atoms with Crippen LogP contribution in [-0.4, -0.2) is 56.3 Å². The van der Waals surface area contributed by atoms with Crippen molar-refractivity contribution in [1.82, 2.24) is 0 Å². The quantitative estimate of drug-likeness (QED) is 0.296. The summed E-state index contributed by atoms with van der Waals surface area (Å²) in [6.07, 6.45) is -2.07. The Kier molecular flexibility index (Phi) is 9.76. The summed E-state index contributed by atoms with van der Waals surface area (Å²) in [6, 6.07) is 30.3. The average Bonchev–Trinajstić information content (AvgIpc) is 3.49. The lowest BCUT2D eigenvalue weighted by Crippen LogP contribution is -2.40. The van der Waals surface area contributed by atoms with Gasteiger partial charge < -0.3 is 33.2 Å². The number of rotatable bonds is 13. The van der Waals surface area contributed by atoms with Crippen LogP contribution < -0.4 is 0 Å². The van der Waals surface area contributed by atoms with E-state index in [1.165, 1.54) is 0 Å². The Balaban J connectivity index is 1.29. The summed E-state index contributed by atoms with van der Waals surface area (Å²) in [4.78, 5) is 0. The first-order chi connectivity index (χ1) is 19.1. The summed E-state index contributed by atoms with van der Waals surface area (Å²) >= 11 is 0. The molecule has 0 saturated carbocycles. The van der Waals surface area contributed by atoms with E-state index >= 15 is 0 Å². The fourth-order valence-electron chi connectivity index (χ4n) is 4.79. The second-order valence-corrected chi connectivity index (χ2v) is 10.4. The SMILES string of the molecule is CC1(C)OC[C@H](CO[C@H]2O[C@H](COCc3ccccc3)[C@@H](OCc3ccccc3)[C@H]2OCc2ccccc2)O1. The van der Waals surface area contributed by atoms with Crippen LogP contribution in [0.5, 0.6) is 0 Å². The maximum atomic E-state index is 6.47. The molecule has 0 amide bonds. The van der Waals surface area contributed by atoms with Crippen molar-refractivity contribution < 1.29 is 33.2 Å². The van der Waals surface area contributed by atoms with Crippen LogP contribution in [0.1, 0.15) is 30.5 Å². The second kappa shape index (κ2) is 13.6. The molecular formula is C32H38O7. The number of hydrogen-bond donors (Lipinski definition) is 0. The monoisotopic (exact) mass is 534 g/mol. The Morgan fingerprint density at radius 3 is 1.74 bits per heavy atom. The van der Waals surface area contributed by atoms with Gasteiger partial charge in [-0.15, -0.1) is 0 Å². The molecule has 3 aromatic rings. The molecule has 7 nitrogen and oxygen atoms in total. The first kappa shape index (κ1) is 27.9. The molecule has 39 heavy (non-hydrogen) atoms. The van der Waals surface area contributed by atoms with Gasteiger partial charge in [-0.2, -0.15) is 0 Å². The Labute approximate surface area is 230 Å². The zero-order chi connectivity index (χ0) is 26.9. The van der Waals surface area contributed by atoms with E-state index in [0.717, 1.165) is 16.7 Å². The first-order valence-electron chi connectivity index (χ1n) is 13.6. The van der Waals surface area contributed by atoms with Crippen LogP contribution in [0, 0.1) is 0 Å². The van der Waals surface area contributed by atoms with Gasteiger partial charge in [0.05, 0.1) is 39.6 Å². The van der Waals surface area contributed by atoms with Crippen LogP contribution in [0.4, 0.5) is 0 Å². The van der Waals surface area contributed by atoms with Crippen molar-refractivity contribution >= 4 is 0 Å². The molecule has 2 aliphatic rings. The smallest absolute Gasteiger partial charge is 0.187 e. The Hall–Kier alpha value is -2.62. The van der Waals surface area contributed by atoms with Gasteiger partial charge in [-0.05, 0) is 30.5 Å². The fraction of sp³-hybridized carbons (Fsp3) is 0.438. The van der Waals surface area contributed by atoms with Gasteiger partial charge in [-0.3, -0.25) is 0 Å². The van der Waals surface area contributed by atoms with Crippen LogP contribution >= 0.6 is 0 Å². The molecule has 0 spiro atoms. The Morgan fingerprint density at radius 2 is 1.21 bits per heavy atom. The molecule has 0 radical (unpaired) electrons. The molecule has 0 bridgehead atoms. The lowest BCUT2D eigenvalue weighted by Gasteiger charge is -2.25. The third kappa shape index (κ3) is 8.19. The molecule has 2 saturated heterocycles. The van der Waals surface area contributed by atoms with Gasteiger partial charge in [0, 0.05) is 0 Å². The summed E-state index contributed by atoms with van der Waals surface area (Å²) in [5, 5.41) is 0. The van der Waals surface area contributed by atoms with Crippen molar-refractivity contribution in [3.63, 3.8) is 0 Å². The number of ether oxygens (including phenoxy) is 7. The van der Waals surface area contributed by atoms with Crippen molar-refractivity contribution in [3.8, 4) is 0 Å². The molecule has 0 N–H and O–H groups in total. The maximum Gasteiger partial charge on any atom is 0.187 e. The van der Waals surface area contributed by atoms with E-state index in [0.29, 0.717) is 39.6 Å². The predicted molar refractivity (Wildman–Crippen MR) is 146 cm³/mol. The molecule has 2 fully saturated rings. The van der Waals surface area contributed by atoms with E-state index in [1.54, 1.807) is 0 Å². The highest BCUT2D eigenvalue weighted by Crippen LogP contribution is 2.31. The van der Waals surface area contributed by atoms with Gasteiger partial charge in [0.2, 0.25) is 0 Å². The molecular weight excluding hydrogens is 496 g/mol. The average molecular weight is 535 g/mol. The molecule has 2 heterocycles. The van der Waals surface area contributed by atoms with E-state index in [2.05, 4.69) is 0 Å². The van der Waals surface area contributed by atoms with Gasteiger partial charge in [-0.25, -0.2) is 0 Å². The normalized spacial score (nSPS) is 26.2. The summed E-state index contributed by atoms with van der Waals surface area (Å²) in [5.41, 5.74) is 3.24. The van der Waals surface area contributed by atoms with E-state index < -0.39 is 24.3 Å². The maximum absolute atomic E-state index is 6.47. The summed E-state index contributed by atoms with van der Waals surface area (Å²) in [7, 11) is 0.